The van der Waals surface area contributed by atoms with Gasteiger partial charge in [-0.15, -0.1) is 0 Å². The lowest BCUT2D eigenvalue weighted by atomic mass is 9.35. The van der Waals surface area contributed by atoms with Crippen LogP contribution in [0.4, 0.5) is 11.4 Å². The van der Waals surface area contributed by atoms with E-state index in [1.807, 2.05) is 0 Å². The van der Waals surface area contributed by atoms with Gasteiger partial charge < -0.3 is 19.7 Å². The minimum Gasteiger partial charge on any atom is -0.469 e. The first-order valence-electron chi connectivity index (χ1n) is 18.7. The molecule has 47 heavy (non-hydrogen) atoms. The number of nitrogens with zero attached hydrogens (tertiary/aromatic N) is 3. The van der Waals surface area contributed by atoms with Crippen molar-refractivity contribution in [2.45, 2.75) is 105 Å². The molecule has 4 aliphatic carbocycles. The first-order valence-corrected chi connectivity index (χ1v) is 18.7. The number of methoxy groups -OCH3 is 1. The molecule has 4 spiro atoms. The molecule has 8 heterocycles. The first kappa shape index (κ1) is 26.1. The number of hydrogen-bond donors (Lipinski definition) is 1. The molecule has 12 atom stereocenters. The number of rotatable bonds is 2. The summed E-state index contributed by atoms with van der Waals surface area (Å²) in [6.45, 7) is 5.84. The van der Waals surface area contributed by atoms with Crippen LogP contribution >= 0.6 is 0 Å². The van der Waals surface area contributed by atoms with E-state index in [1.165, 1.54) is 49.2 Å². The van der Waals surface area contributed by atoms with Crippen molar-refractivity contribution in [1.82, 2.24) is 9.80 Å². The molecule has 5 saturated heterocycles. The van der Waals surface area contributed by atoms with Gasteiger partial charge in [0.15, 0.2) is 0 Å². The Kier molecular flexibility index (Phi) is 4.23. The number of anilines is 2. The summed E-state index contributed by atoms with van der Waals surface area (Å²) in [6.07, 6.45) is 10.2. The van der Waals surface area contributed by atoms with Crippen LogP contribution in [0.5, 0.6) is 0 Å². The molecule has 1 N–H and O–H groups in total. The summed E-state index contributed by atoms with van der Waals surface area (Å²) in [4.78, 5) is 22.9. The molecule has 2 aromatic rings. The van der Waals surface area contributed by atoms with E-state index < -0.39 is 0 Å². The fraction of sp³-hybridized carbons (Fsp3) is 0.625. The van der Waals surface area contributed by atoms with E-state index in [2.05, 4.69) is 75.5 Å². The molecule has 12 aliphatic rings. The van der Waals surface area contributed by atoms with Crippen molar-refractivity contribution in [1.29, 1.82) is 0 Å². The molecule has 0 radical (unpaired) electrons. The first-order chi connectivity index (χ1) is 23.0. The Morgan fingerprint density at radius 1 is 1.02 bits per heavy atom. The average molecular weight is 629 g/mol. The van der Waals surface area contributed by atoms with Gasteiger partial charge in [-0.25, -0.2) is 0 Å². The maximum Gasteiger partial charge on any atom is 0.311 e. The van der Waals surface area contributed by atoms with E-state index >= 15 is 0 Å². The highest BCUT2D eigenvalue weighted by molar-refractivity contribution is 5.82. The van der Waals surface area contributed by atoms with Crippen molar-refractivity contribution in [3.8, 4) is 0 Å². The molecule has 0 amide bonds. The molecule has 2 aromatic carbocycles. The second-order valence-corrected chi connectivity index (χ2v) is 17.5. The second-order valence-electron chi connectivity index (χ2n) is 17.5. The van der Waals surface area contributed by atoms with Crippen LogP contribution in [0.2, 0.25) is 0 Å². The number of carbonyl (C=O) groups excluding carboxylic acids is 1. The van der Waals surface area contributed by atoms with Crippen LogP contribution in [0.1, 0.15) is 69.4 Å². The number of piperidine rings is 2. The van der Waals surface area contributed by atoms with E-state index in [4.69, 9.17) is 9.47 Å². The predicted octanol–water partition coefficient (Wildman–Crippen LogP) is 5.16. The molecule has 7 heteroatoms. The fourth-order valence-corrected chi connectivity index (χ4v) is 16.1. The van der Waals surface area contributed by atoms with E-state index in [1.54, 1.807) is 23.9 Å². The molecular weight excluding hydrogens is 584 g/mol. The summed E-state index contributed by atoms with van der Waals surface area (Å²) in [5.74, 6) is 0.352. The molecule has 7 nitrogen and oxygen atoms in total. The van der Waals surface area contributed by atoms with Gasteiger partial charge in [0.05, 0.1) is 42.4 Å². The summed E-state index contributed by atoms with van der Waals surface area (Å²) in [5.41, 5.74) is 9.14. The van der Waals surface area contributed by atoms with Crippen LogP contribution in [0.15, 0.2) is 59.8 Å². The molecule has 8 aliphatic heterocycles. The summed E-state index contributed by atoms with van der Waals surface area (Å²) in [5, 5.41) is 4.13. The number of allylic oxidation sites excluding steroid dienone is 1. The minimum absolute atomic E-state index is 0.00397. The third kappa shape index (κ3) is 2.33. The Bertz CT molecular complexity index is 1890. The van der Waals surface area contributed by atoms with Gasteiger partial charge in [0.25, 0.3) is 0 Å². The van der Waals surface area contributed by atoms with Gasteiger partial charge in [-0.1, -0.05) is 43.3 Å². The van der Waals surface area contributed by atoms with Crippen molar-refractivity contribution >= 4 is 17.3 Å². The number of epoxide rings is 1. The van der Waals surface area contributed by atoms with Gasteiger partial charge in [0.1, 0.15) is 0 Å². The smallest absolute Gasteiger partial charge is 0.311 e. The maximum absolute atomic E-state index is 14.1. The molecule has 4 bridgehead atoms. The Morgan fingerprint density at radius 3 is 2.74 bits per heavy atom. The van der Waals surface area contributed by atoms with Gasteiger partial charge in [0, 0.05) is 53.1 Å². The topological polar surface area (TPSA) is 60.6 Å². The van der Waals surface area contributed by atoms with Crippen molar-refractivity contribution in [3.05, 3.63) is 70.9 Å². The quantitative estimate of drug-likeness (QED) is 0.364. The van der Waals surface area contributed by atoms with Gasteiger partial charge >= 0.3 is 5.97 Å². The summed E-state index contributed by atoms with van der Waals surface area (Å²) < 4.78 is 12.4. The minimum atomic E-state index is -0.287. The molecule has 242 valence electrons. The number of esters is 1. The standard InChI is InChI=1S/C40H44N4O3/c1-3-36-19-22-25-18-30(44-28-11-7-5-9-24(28)38(31(22)44)14-16-42(34(36)38)21-29-32(36)47-29)43-17-15-39-23-8-4-6-10-27(23)41-40(39)13-12-37(25,35(39)43)20-26(40)33(45)46-2/h4-11,25-26,29-30,32,34-35,41H,3,12-21H2,1-2H3/t25-,26+,29+,30-,32+,34+,35+,36-,37-,38+,39-,40-/m1/s1. The van der Waals surface area contributed by atoms with E-state index in [9.17, 15) is 4.79 Å². The van der Waals surface area contributed by atoms with Crippen molar-refractivity contribution in [2.75, 3.05) is 37.0 Å². The highest BCUT2D eigenvalue weighted by atomic mass is 16.6. The zero-order chi connectivity index (χ0) is 30.9. The number of carbonyl (C=O) groups is 1. The van der Waals surface area contributed by atoms with Crippen LogP contribution in [0.3, 0.4) is 0 Å². The average Bonchev–Trinajstić information content (AvgIpc) is 3.38. The zero-order valence-corrected chi connectivity index (χ0v) is 27.5. The Labute approximate surface area is 276 Å². The summed E-state index contributed by atoms with van der Waals surface area (Å²) >= 11 is 0. The SMILES string of the molecule is CC[C@@]12CC3=C4N(c5ccccc5[C@@]45CCN(C[C@@H]4O[C@@H]41)[C@@H]25)[C@@H]1C[C@H]3[C@]23CC[C@@]4(Nc5ccccc5[C@@]45CCN1[C@@H]25)[C@H](C(=O)OC)C3. The van der Waals surface area contributed by atoms with Crippen LogP contribution in [-0.4, -0.2) is 78.5 Å². The largest absolute Gasteiger partial charge is 0.469 e. The van der Waals surface area contributed by atoms with Gasteiger partial charge in [-0.3, -0.25) is 14.6 Å². The second kappa shape index (κ2) is 7.64. The molecule has 8 fully saturated rings. The fourth-order valence-electron chi connectivity index (χ4n) is 16.1. The molecule has 3 saturated carbocycles. The summed E-state index contributed by atoms with van der Waals surface area (Å²) in [7, 11) is 1.62. The van der Waals surface area contributed by atoms with Crippen LogP contribution in [0.25, 0.3) is 0 Å². The van der Waals surface area contributed by atoms with Crippen LogP contribution in [0, 0.1) is 22.7 Å². The number of fused-ring (bicyclic) bond motifs is 12. The highest BCUT2D eigenvalue weighted by Gasteiger charge is 2.84. The number of ether oxygens (including phenoxy) is 2. The van der Waals surface area contributed by atoms with Gasteiger partial charge in [-0.2, -0.15) is 0 Å². The number of para-hydroxylation sites is 2. The molecule has 14 rings (SSSR count). The van der Waals surface area contributed by atoms with Gasteiger partial charge in [-0.05, 0) is 98.1 Å². The monoisotopic (exact) mass is 628 g/mol. The predicted molar refractivity (Wildman–Crippen MR) is 177 cm³/mol. The lowest BCUT2D eigenvalue weighted by Gasteiger charge is -2.74. The Hall–Kier alpha value is -2.87. The Balaban J connectivity index is 1.11. The lowest BCUT2D eigenvalue weighted by Crippen LogP contribution is -2.81. The normalized spacial score (nSPS) is 50.9. The lowest BCUT2D eigenvalue weighted by molar-refractivity contribution is -0.188. The zero-order valence-electron chi connectivity index (χ0n) is 27.5. The van der Waals surface area contributed by atoms with E-state index in [-0.39, 0.29) is 39.1 Å². The maximum atomic E-state index is 14.1. The van der Waals surface area contributed by atoms with Crippen molar-refractivity contribution in [3.63, 3.8) is 0 Å². The third-order valence-electron chi connectivity index (χ3n) is 17.1. The van der Waals surface area contributed by atoms with E-state index in [0.717, 1.165) is 38.8 Å². The molecule has 0 unspecified atom stereocenters. The Morgan fingerprint density at radius 2 is 1.87 bits per heavy atom. The van der Waals surface area contributed by atoms with Crippen LogP contribution < -0.4 is 10.2 Å². The van der Waals surface area contributed by atoms with Crippen molar-refractivity contribution < 1.29 is 14.3 Å². The number of benzene rings is 2. The van der Waals surface area contributed by atoms with Crippen molar-refractivity contribution in [2.24, 2.45) is 22.7 Å². The number of hydrogen-bond acceptors (Lipinski definition) is 7. The molecular formula is C40H44N4O3. The summed E-state index contributed by atoms with van der Waals surface area (Å²) in [6, 6.07) is 19.6. The third-order valence-corrected chi connectivity index (χ3v) is 17.1. The van der Waals surface area contributed by atoms with Crippen LogP contribution in [-0.2, 0) is 25.1 Å². The molecule has 0 aromatic heterocycles. The van der Waals surface area contributed by atoms with Gasteiger partial charge in [0.2, 0.25) is 0 Å². The van der Waals surface area contributed by atoms with E-state index in [0.29, 0.717) is 36.4 Å². The number of nitrogens with one attached hydrogen (secondary N) is 1. The highest BCUT2D eigenvalue weighted by Crippen LogP contribution is 2.80.